The molecule has 4 heteroatoms. The van der Waals surface area contributed by atoms with E-state index in [-0.39, 0.29) is 0 Å². The fraction of sp³-hybridized carbons (Fsp3) is 0.692. The Morgan fingerprint density at radius 2 is 2.18 bits per heavy atom. The van der Waals surface area contributed by atoms with Gasteiger partial charge in [0.1, 0.15) is 11.6 Å². The maximum Gasteiger partial charge on any atom is 0.143 e. The summed E-state index contributed by atoms with van der Waals surface area (Å²) in [6.07, 6.45) is 4.86. The van der Waals surface area contributed by atoms with E-state index in [2.05, 4.69) is 19.2 Å². The zero-order valence-electron chi connectivity index (χ0n) is 10.9. The van der Waals surface area contributed by atoms with E-state index in [4.69, 9.17) is 9.97 Å². The second-order valence-electron chi connectivity index (χ2n) is 4.45. The summed E-state index contributed by atoms with van der Waals surface area (Å²) in [5, 5.41) is 3.71. The van der Waals surface area contributed by atoms with E-state index in [1.54, 1.807) is 0 Å². The van der Waals surface area contributed by atoms with Crippen LogP contribution in [0.2, 0.25) is 0 Å². The maximum absolute atomic E-state index is 4.70. The zero-order chi connectivity index (χ0) is 12.3. The van der Waals surface area contributed by atoms with Crippen LogP contribution in [0.25, 0.3) is 0 Å². The summed E-state index contributed by atoms with van der Waals surface area (Å²) in [6.45, 7) is 4.25. The molecule has 1 aliphatic heterocycles. The Balaban J connectivity index is 2.31. The van der Waals surface area contributed by atoms with Crippen molar-refractivity contribution in [2.24, 2.45) is 0 Å². The van der Waals surface area contributed by atoms with Crippen molar-refractivity contribution in [2.45, 2.75) is 44.8 Å². The van der Waals surface area contributed by atoms with Gasteiger partial charge in [0.05, 0.1) is 5.25 Å². The largest absolute Gasteiger partial charge is 0.373 e. The van der Waals surface area contributed by atoms with Crippen LogP contribution >= 0.6 is 11.8 Å². The molecule has 0 amide bonds. The highest BCUT2D eigenvalue weighted by Crippen LogP contribution is 2.37. The fourth-order valence-corrected chi connectivity index (χ4v) is 3.58. The minimum Gasteiger partial charge on any atom is -0.373 e. The molecule has 0 radical (unpaired) electrons. The van der Waals surface area contributed by atoms with Gasteiger partial charge in [0.2, 0.25) is 0 Å². The lowest BCUT2D eigenvalue weighted by molar-refractivity contribution is 0.659. The number of hydrogen-bond donors (Lipinski definition) is 1. The molecule has 0 aliphatic carbocycles. The van der Waals surface area contributed by atoms with Crippen molar-refractivity contribution >= 4 is 17.6 Å². The first-order chi connectivity index (χ1) is 8.26. The van der Waals surface area contributed by atoms with E-state index < -0.39 is 0 Å². The van der Waals surface area contributed by atoms with Gasteiger partial charge in [-0.3, -0.25) is 0 Å². The molecule has 17 heavy (non-hydrogen) atoms. The van der Waals surface area contributed by atoms with Gasteiger partial charge >= 0.3 is 0 Å². The molecular formula is C13H21N3S. The number of thioether (sulfide) groups is 1. The lowest BCUT2D eigenvalue weighted by atomic mass is 10.1. The third kappa shape index (κ3) is 2.73. The number of anilines is 1. The number of nitrogens with one attached hydrogen (secondary N) is 1. The number of hydrogen-bond acceptors (Lipinski definition) is 4. The Kier molecular flexibility index (Phi) is 4.26. The average molecular weight is 251 g/mol. The van der Waals surface area contributed by atoms with Crippen LogP contribution in [0.1, 0.15) is 48.5 Å². The van der Waals surface area contributed by atoms with Crippen LogP contribution in [-0.2, 0) is 6.42 Å². The first-order valence-corrected chi connectivity index (χ1v) is 7.48. The summed E-state index contributed by atoms with van der Waals surface area (Å²) in [5.41, 5.74) is 2.38. The smallest absolute Gasteiger partial charge is 0.143 e. The molecule has 1 aliphatic rings. The van der Waals surface area contributed by atoms with Gasteiger partial charge in [-0.25, -0.2) is 9.97 Å². The predicted molar refractivity (Wildman–Crippen MR) is 74.7 cm³/mol. The Bertz CT molecular complexity index is 386. The normalized spacial score (nSPS) is 20.3. The maximum atomic E-state index is 4.70. The molecular weight excluding hydrogens is 230 g/mol. The second kappa shape index (κ2) is 5.71. The van der Waals surface area contributed by atoms with E-state index in [1.807, 2.05) is 18.8 Å². The highest BCUT2D eigenvalue weighted by molar-refractivity contribution is 7.99. The van der Waals surface area contributed by atoms with E-state index in [0.29, 0.717) is 5.25 Å². The molecule has 1 saturated heterocycles. The Labute approximate surface area is 108 Å². The van der Waals surface area contributed by atoms with Crippen molar-refractivity contribution in [1.82, 2.24) is 9.97 Å². The Hall–Kier alpha value is -0.770. The third-order valence-electron chi connectivity index (χ3n) is 3.29. The van der Waals surface area contributed by atoms with Crippen LogP contribution in [0.4, 0.5) is 5.82 Å². The topological polar surface area (TPSA) is 37.8 Å². The second-order valence-corrected chi connectivity index (χ2v) is 5.76. The fourth-order valence-electron chi connectivity index (χ4n) is 2.34. The molecule has 1 atom stereocenters. The van der Waals surface area contributed by atoms with Crippen molar-refractivity contribution in [3.8, 4) is 0 Å². The molecule has 0 bridgehead atoms. The van der Waals surface area contributed by atoms with Gasteiger partial charge < -0.3 is 5.32 Å². The third-order valence-corrected chi connectivity index (χ3v) is 4.66. The van der Waals surface area contributed by atoms with Crippen LogP contribution in [0.15, 0.2) is 0 Å². The summed E-state index contributed by atoms with van der Waals surface area (Å²) in [7, 11) is 1.94. The van der Waals surface area contributed by atoms with Gasteiger partial charge in [-0.05, 0) is 31.9 Å². The summed E-state index contributed by atoms with van der Waals surface area (Å²) in [4.78, 5) is 9.41. The van der Waals surface area contributed by atoms with Crippen LogP contribution in [0.5, 0.6) is 0 Å². The molecule has 1 fully saturated rings. The standard InChI is InChI=1S/C13H21N3S/c1-4-10-9(2)15-13(16-12(10)14-3)11-7-5-6-8-17-11/h11H,4-8H2,1-3H3,(H,14,15,16). The van der Waals surface area contributed by atoms with Crippen molar-refractivity contribution in [2.75, 3.05) is 18.1 Å². The highest BCUT2D eigenvalue weighted by Gasteiger charge is 2.20. The van der Waals surface area contributed by atoms with Gasteiger partial charge in [-0.1, -0.05) is 13.3 Å². The summed E-state index contributed by atoms with van der Waals surface area (Å²) in [6, 6.07) is 0. The monoisotopic (exact) mass is 251 g/mol. The molecule has 1 N–H and O–H groups in total. The first kappa shape index (κ1) is 12.7. The molecule has 1 unspecified atom stereocenters. The van der Waals surface area contributed by atoms with E-state index in [1.165, 1.54) is 30.6 Å². The van der Waals surface area contributed by atoms with Crippen molar-refractivity contribution in [3.63, 3.8) is 0 Å². The Morgan fingerprint density at radius 1 is 1.35 bits per heavy atom. The quantitative estimate of drug-likeness (QED) is 0.894. The SMILES string of the molecule is CCc1c(C)nc(C2CCCCS2)nc1NC. The van der Waals surface area contributed by atoms with Crippen LogP contribution in [0, 0.1) is 6.92 Å². The molecule has 1 aromatic heterocycles. The zero-order valence-corrected chi connectivity index (χ0v) is 11.7. The number of nitrogens with zero attached hydrogens (tertiary/aromatic N) is 2. The lowest BCUT2D eigenvalue weighted by Gasteiger charge is -2.21. The van der Waals surface area contributed by atoms with Crippen molar-refractivity contribution in [1.29, 1.82) is 0 Å². The minimum absolute atomic E-state index is 0.500. The van der Waals surface area contributed by atoms with Crippen molar-refractivity contribution in [3.05, 3.63) is 17.1 Å². The predicted octanol–water partition coefficient (Wildman–Crippen LogP) is 3.35. The summed E-state index contributed by atoms with van der Waals surface area (Å²) < 4.78 is 0. The van der Waals surface area contributed by atoms with Gasteiger partial charge in [-0.15, -0.1) is 0 Å². The van der Waals surface area contributed by atoms with Gasteiger partial charge in [0, 0.05) is 18.3 Å². The molecule has 3 nitrogen and oxygen atoms in total. The van der Waals surface area contributed by atoms with Crippen LogP contribution in [0.3, 0.4) is 0 Å². The van der Waals surface area contributed by atoms with E-state index >= 15 is 0 Å². The first-order valence-electron chi connectivity index (χ1n) is 6.43. The molecule has 2 rings (SSSR count). The highest BCUT2D eigenvalue weighted by atomic mass is 32.2. The van der Waals surface area contributed by atoms with Crippen LogP contribution in [-0.4, -0.2) is 22.8 Å². The number of rotatable bonds is 3. The molecule has 2 heterocycles. The Morgan fingerprint density at radius 3 is 2.76 bits per heavy atom. The number of aryl methyl sites for hydroxylation is 1. The number of aromatic nitrogens is 2. The van der Waals surface area contributed by atoms with Gasteiger partial charge in [0.15, 0.2) is 0 Å². The molecule has 0 saturated carbocycles. The van der Waals surface area contributed by atoms with Gasteiger partial charge in [0.25, 0.3) is 0 Å². The molecule has 0 spiro atoms. The van der Waals surface area contributed by atoms with Crippen molar-refractivity contribution < 1.29 is 0 Å². The summed E-state index contributed by atoms with van der Waals surface area (Å²) in [5.74, 6) is 3.28. The van der Waals surface area contributed by atoms with E-state index in [9.17, 15) is 0 Å². The minimum atomic E-state index is 0.500. The van der Waals surface area contributed by atoms with Crippen LogP contribution < -0.4 is 5.32 Å². The summed E-state index contributed by atoms with van der Waals surface area (Å²) >= 11 is 2.00. The van der Waals surface area contributed by atoms with Gasteiger partial charge in [-0.2, -0.15) is 11.8 Å². The lowest BCUT2D eigenvalue weighted by Crippen LogP contribution is -2.11. The molecule has 0 aromatic carbocycles. The molecule has 1 aromatic rings. The molecule has 94 valence electrons. The van der Waals surface area contributed by atoms with E-state index in [0.717, 1.165) is 23.8 Å². The average Bonchev–Trinajstić information content (AvgIpc) is 2.38.